The minimum Gasteiger partial charge on any atom is -0.393 e. The molecular weight excluding hydrogens is 148 g/mol. The van der Waals surface area contributed by atoms with Crippen molar-refractivity contribution in [2.24, 2.45) is 0 Å². The third-order valence-electron chi connectivity index (χ3n) is 2.03. The predicted molar refractivity (Wildman–Crippen MR) is 54.2 cm³/mol. The van der Waals surface area contributed by atoms with Gasteiger partial charge >= 0.3 is 0 Å². The Balaban J connectivity index is 3.13. The second kappa shape index (κ2) is 8.79. The van der Waals surface area contributed by atoms with Gasteiger partial charge in [0.05, 0.1) is 6.10 Å². The molecule has 0 heterocycles. The fourth-order valence-corrected chi connectivity index (χ4v) is 1.22. The predicted octanol–water partition coefficient (Wildman–Crippen LogP) is 3.28. The highest BCUT2D eigenvalue weighted by molar-refractivity contribution is 4.79. The summed E-state index contributed by atoms with van der Waals surface area (Å²) in [4.78, 5) is 0. The molecule has 0 rings (SSSR count). The number of hydrogen-bond donors (Lipinski definition) is 1. The second-order valence-electron chi connectivity index (χ2n) is 3.31. The van der Waals surface area contributed by atoms with Gasteiger partial charge in [-0.2, -0.15) is 0 Å². The molecule has 0 aromatic carbocycles. The third-order valence-corrected chi connectivity index (χ3v) is 2.03. The van der Waals surface area contributed by atoms with Crippen molar-refractivity contribution in [1.29, 1.82) is 0 Å². The summed E-state index contributed by atoms with van der Waals surface area (Å²) < 4.78 is 0. The number of rotatable bonds is 7. The molecule has 0 saturated heterocycles. The Bertz CT molecular complexity index is 108. The van der Waals surface area contributed by atoms with Gasteiger partial charge in [0.25, 0.3) is 0 Å². The van der Waals surface area contributed by atoms with Crippen molar-refractivity contribution in [2.75, 3.05) is 0 Å². The molecule has 0 radical (unpaired) electrons. The Morgan fingerprint density at radius 3 is 2.58 bits per heavy atom. The molecule has 1 N–H and O–H groups in total. The number of aliphatic hydroxyl groups is 1. The van der Waals surface area contributed by atoms with E-state index < -0.39 is 0 Å². The van der Waals surface area contributed by atoms with Gasteiger partial charge in [0, 0.05) is 0 Å². The lowest BCUT2D eigenvalue weighted by Crippen LogP contribution is -2.03. The molecule has 0 amide bonds. The first-order valence-electron chi connectivity index (χ1n) is 5.10. The van der Waals surface area contributed by atoms with Crippen LogP contribution in [-0.2, 0) is 0 Å². The quantitative estimate of drug-likeness (QED) is 0.459. The van der Waals surface area contributed by atoms with Gasteiger partial charge in [0.1, 0.15) is 0 Å². The fraction of sp³-hybridized carbons (Fsp3) is 0.818. The van der Waals surface area contributed by atoms with Gasteiger partial charge in [-0.05, 0) is 19.8 Å². The van der Waals surface area contributed by atoms with Gasteiger partial charge in [-0.3, -0.25) is 0 Å². The molecule has 72 valence electrons. The lowest BCUT2D eigenvalue weighted by molar-refractivity contribution is 0.164. The summed E-state index contributed by atoms with van der Waals surface area (Å²) in [7, 11) is 0. The number of hydrogen-bond acceptors (Lipinski definition) is 1. The zero-order chi connectivity index (χ0) is 9.23. The molecular formula is C11H22O. The molecule has 0 aliphatic rings. The Kier molecular flexibility index (Phi) is 8.57. The number of aliphatic hydroxyl groups excluding tert-OH is 1. The van der Waals surface area contributed by atoms with Gasteiger partial charge in [0.15, 0.2) is 0 Å². The van der Waals surface area contributed by atoms with Gasteiger partial charge in [-0.1, -0.05) is 44.8 Å². The molecule has 0 aliphatic heterocycles. The molecule has 0 fully saturated rings. The van der Waals surface area contributed by atoms with E-state index in [2.05, 4.69) is 6.92 Å². The molecule has 0 aliphatic carbocycles. The highest BCUT2D eigenvalue weighted by atomic mass is 16.3. The molecule has 0 bridgehead atoms. The summed E-state index contributed by atoms with van der Waals surface area (Å²) in [6, 6.07) is 0. The average Bonchev–Trinajstić information content (AvgIpc) is 2.09. The van der Waals surface area contributed by atoms with Crippen molar-refractivity contribution >= 4 is 0 Å². The minimum absolute atomic E-state index is 0.113. The van der Waals surface area contributed by atoms with E-state index in [9.17, 15) is 5.11 Å². The smallest absolute Gasteiger partial charge is 0.0574 e. The van der Waals surface area contributed by atoms with E-state index in [1.54, 1.807) is 0 Å². The summed E-state index contributed by atoms with van der Waals surface area (Å²) in [6.07, 6.45) is 10.7. The zero-order valence-electron chi connectivity index (χ0n) is 8.42. The average molecular weight is 170 g/mol. The minimum atomic E-state index is -0.113. The first-order chi connectivity index (χ1) is 5.81. The van der Waals surface area contributed by atoms with Crippen LogP contribution in [0.1, 0.15) is 52.4 Å². The molecule has 0 aromatic rings. The molecule has 1 heteroatoms. The molecule has 1 nitrogen and oxygen atoms in total. The maximum Gasteiger partial charge on any atom is 0.0574 e. The van der Waals surface area contributed by atoms with Crippen LogP contribution < -0.4 is 0 Å². The Morgan fingerprint density at radius 1 is 1.25 bits per heavy atom. The third kappa shape index (κ3) is 7.80. The molecule has 0 saturated carbocycles. The van der Waals surface area contributed by atoms with E-state index in [4.69, 9.17) is 0 Å². The van der Waals surface area contributed by atoms with Crippen LogP contribution in [0.4, 0.5) is 0 Å². The highest BCUT2D eigenvalue weighted by Gasteiger charge is 1.99. The van der Waals surface area contributed by atoms with Gasteiger partial charge in [-0.15, -0.1) is 0 Å². The topological polar surface area (TPSA) is 20.2 Å². The van der Waals surface area contributed by atoms with E-state index in [0.29, 0.717) is 0 Å². The first-order valence-corrected chi connectivity index (χ1v) is 5.10. The molecule has 1 atom stereocenters. The van der Waals surface area contributed by atoms with Crippen molar-refractivity contribution in [3.8, 4) is 0 Å². The zero-order valence-corrected chi connectivity index (χ0v) is 8.42. The van der Waals surface area contributed by atoms with Crippen LogP contribution in [-0.4, -0.2) is 11.2 Å². The monoisotopic (exact) mass is 170 g/mol. The van der Waals surface area contributed by atoms with Crippen LogP contribution in [0.25, 0.3) is 0 Å². The van der Waals surface area contributed by atoms with Crippen molar-refractivity contribution in [3.63, 3.8) is 0 Å². The van der Waals surface area contributed by atoms with E-state index in [0.717, 1.165) is 12.8 Å². The molecule has 1 unspecified atom stereocenters. The largest absolute Gasteiger partial charge is 0.393 e. The van der Waals surface area contributed by atoms with Crippen molar-refractivity contribution in [2.45, 2.75) is 58.5 Å². The van der Waals surface area contributed by atoms with Crippen LogP contribution >= 0.6 is 0 Å². The normalized spacial score (nSPS) is 13.9. The van der Waals surface area contributed by atoms with Crippen LogP contribution in [0.3, 0.4) is 0 Å². The van der Waals surface area contributed by atoms with Crippen LogP contribution in [0.2, 0.25) is 0 Å². The van der Waals surface area contributed by atoms with Crippen LogP contribution in [0.5, 0.6) is 0 Å². The SMILES string of the molecule is C/C=C/CC(O)CCCCCC. The van der Waals surface area contributed by atoms with E-state index in [1.165, 1.54) is 25.7 Å². The van der Waals surface area contributed by atoms with Gasteiger partial charge in [-0.25, -0.2) is 0 Å². The van der Waals surface area contributed by atoms with Gasteiger partial charge in [0.2, 0.25) is 0 Å². The van der Waals surface area contributed by atoms with Crippen molar-refractivity contribution in [3.05, 3.63) is 12.2 Å². The van der Waals surface area contributed by atoms with Crippen LogP contribution in [0.15, 0.2) is 12.2 Å². The fourth-order valence-electron chi connectivity index (χ4n) is 1.22. The summed E-state index contributed by atoms with van der Waals surface area (Å²) >= 11 is 0. The molecule has 0 spiro atoms. The first kappa shape index (κ1) is 11.7. The Morgan fingerprint density at radius 2 is 2.00 bits per heavy atom. The molecule has 12 heavy (non-hydrogen) atoms. The highest BCUT2D eigenvalue weighted by Crippen LogP contribution is 2.07. The van der Waals surface area contributed by atoms with Gasteiger partial charge < -0.3 is 5.11 Å². The van der Waals surface area contributed by atoms with Crippen LogP contribution in [0, 0.1) is 0 Å². The maximum absolute atomic E-state index is 9.43. The standard InChI is InChI=1S/C11H22O/c1-3-5-7-8-10-11(12)9-6-4-2/h4,6,11-12H,3,5,7-10H2,1-2H3/b6-4+. The summed E-state index contributed by atoms with van der Waals surface area (Å²) in [5.74, 6) is 0. The van der Waals surface area contributed by atoms with Crippen molar-refractivity contribution < 1.29 is 5.11 Å². The lowest BCUT2D eigenvalue weighted by Gasteiger charge is -2.06. The maximum atomic E-state index is 9.43. The summed E-state index contributed by atoms with van der Waals surface area (Å²) in [5.41, 5.74) is 0. The van der Waals surface area contributed by atoms with E-state index in [1.807, 2.05) is 19.1 Å². The number of allylic oxidation sites excluding steroid dienone is 1. The molecule has 0 aromatic heterocycles. The number of unbranched alkanes of at least 4 members (excludes halogenated alkanes) is 3. The van der Waals surface area contributed by atoms with E-state index >= 15 is 0 Å². The second-order valence-corrected chi connectivity index (χ2v) is 3.31. The Labute approximate surface area is 76.5 Å². The van der Waals surface area contributed by atoms with Crippen molar-refractivity contribution in [1.82, 2.24) is 0 Å². The summed E-state index contributed by atoms with van der Waals surface area (Å²) in [5, 5.41) is 9.43. The van der Waals surface area contributed by atoms with E-state index in [-0.39, 0.29) is 6.10 Å². The lowest BCUT2D eigenvalue weighted by atomic mass is 10.1. The summed E-state index contributed by atoms with van der Waals surface area (Å²) in [6.45, 7) is 4.19. The Hall–Kier alpha value is -0.300.